The lowest BCUT2D eigenvalue weighted by molar-refractivity contribution is -0.137. The molecule has 0 fully saturated rings. The first-order chi connectivity index (χ1) is 11.4. The number of ether oxygens (including phenoxy) is 2. The Morgan fingerprint density at radius 2 is 1.83 bits per heavy atom. The van der Waals surface area contributed by atoms with E-state index in [4.69, 9.17) is 21.1 Å². The number of alkyl halides is 3. The molecule has 124 valence electrons. The van der Waals surface area contributed by atoms with Gasteiger partial charge in [0.25, 0.3) is 0 Å². The zero-order valence-electron chi connectivity index (χ0n) is 12.3. The van der Waals surface area contributed by atoms with Gasteiger partial charge in [-0.15, -0.1) is 0 Å². The number of benzene rings is 2. The molecule has 1 heterocycles. The van der Waals surface area contributed by atoms with E-state index in [1.54, 1.807) is 18.2 Å². The van der Waals surface area contributed by atoms with Crippen molar-refractivity contribution in [1.82, 2.24) is 10.2 Å². The third kappa shape index (κ3) is 3.21. The molecule has 4 nitrogen and oxygen atoms in total. The van der Waals surface area contributed by atoms with Gasteiger partial charge >= 0.3 is 6.18 Å². The predicted octanol–water partition coefficient (Wildman–Crippen LogP) is 5.10. The molecule has 3 aromatic rings. The first kappa shape index (κ1) is 16.3. The van der Waals surface area contributed by atoms with Crippen molar-refractivity contribution in [3.63, 3.8) is 0 Å². The first-order valence-electron chi connectivity index (χ1n) is 6.72. The van der Waals surface area contributed by atoms with Crippen LogP contribution in [0.2, 0.25) is 5.02 Å². The number of rotatable bonds is 3. The summed E-state index contributed by atoms with van der Waals surface area (Å²) in [7, 11) is 1.50. The van der Waals surface area contributed by atoms with Gasteiger partial charge in [0.05, 0.1) is 29.4 Å². The van der Waals surface area contributed by atoms with Crippen LogP contribution < -0.4 is 9.47 Å². The Labute approximate surface area is 139 Å². The van der Waals surface area contributed by atoms with Crippen molar-refractivity contribution in [3.8, 4) is 17.2 Å². The second-order valence-corrected chi connectivity index (χ2v) is 5.24. The average molecular weight is 355 g/mol. The summed E-state index contributed by atoms with van der Waals surface area (Å²) in [5, 5.41) is 8.28. The fourth-order valence-corrected chi connectivity index (χ4v) is 2.34. The van der Waals surface area contributed by atoms with Crippen molar-refractivity contribution in [2.24, 2.45) is 0 Å². The van der Waals surface area contributed by atoms with Gasteiger partial charge in [0, 0.05) is 5.39 Å². The number of hydrogen-bond donors (Lipinski definition) is 0. The van der Waals surface area contributed by atoms with Gasteiger partial charge in [-0.3, -0.25) is 0 Å². The maximum Gasteiger partial charge on any atom is 0.416 e. The Kier molecular flexibility index (Phi) is 4.19. The number of fused-ring (bicyclic) bond motifs is 1. The largest absolute Gasteiger partial charge is 0.494 e. The second kappa shape index (κ2) is 6.16. The molecule has 0 saturated heterocycles. The van der Waals surface area contributed by atoms with Crippen LogP contribution in [0, 0.1) is 0 Å². The molecular formula is C16H10ClF3N2O2. The van der Waals surface area contributed by atoms with Gasteiger partial charge in [0.2, 0.25) is 0 Å². The van der Waals surface area contributed by atoms with Crippen LogP contribution in [0.5, 0.6) is 17.2 Å². The lowest BCUT2D eigenvalue weighted by atomic mass is 10.2. The van der Waals surface area contributed by atoms with Crippen LogP contribution in [0.3, 0.4) is 0 Å². The van der Waals surface area contributed by atoms with Gasteiger partial charge in [-0.05, 0) is 36.4 Å². The van der Waals surface area contributed by atoms with Gasteiger partial charge in [-0.2, -0.15) is 23.4 Å². The van der Waals surface area contributed by atoms with Crippen LogP contribution in [0.15, 0.2) is 42.6 Å². The monoisotopic (exact) mass is 354 g/mol. The van der Waals surface area contributed by atoms with Crippen LogP contribution in [-0.4, -0.2) is 17.3 Å². The molecule has 0 aliphatic carbocycles. The number of methoxy groups -OCH3 is 1. The van der Waals surface area contributed by atoms with E-state index in [0.29, 0.717) is 22.4 Å². The summed E-state index contributed by atoms with van der Waals surface area (Å²) in [6.45, 7) is 0. The standard InChI is InChI=1S/C16H10ClF3N2O2/c1-23-15-8-21-22-13-4-3-10(7-11(13)15)24-14-5-2-9(6-12(14)17)16(18,19)20/h2-8H,1H3. The summed E-state index contributed by atoms with van der Waals surface area (Å²) in [5.41, 5.74) is -0.240. The molecule has 0 atom stereocenters. The quantitative estimate of drug-likeness (QED) is 0.656. The van der Waals surface area contributed by atoms with Crippen LogP contribution in [0.1, 0.15) is 5.56 Å². The number of hydrogen-bond acceptors (Lipinski definition) is 4. The molecule has 0 N–H and O–H groups in total. The number of aromatic nitrogens is 2. The number of nitrogens with zero attached hydrogens (tertiary/aromatic N) is 2. The van der Waals surface area contributed by atoms with Gasteiger partial charge in [0.1, 0.15) is 17.2 Å². The van der Waals surface area contributed by atoms with E-state index in [0.717, 1.165) is 12.1 Å². The van der Waals surface area contributed by atoms with Gasteiger partial charge in [-0.25, -0.2) is 0 Å². The minimum atomic E-state index is -4.46. The molecule has 0 aliphatic heterocycles. The van der Waals surface area contributed by atoms with E-state index < -0.39 is 11.7 Å². The summed E-state index contributed by atoms with van der Waals surface area (Å²) < 4.78 is 48.8. The van der Waals surface area contributed by atoms with Gasteiger partial charge in [0.15, 0.2) is 0 Å². The lowest BCUT2D eigenvalue weighted by Crippen LogP contribution is -2.04. The molecule has 0 bridgehead atoms. The summed E-state index contributed by atoms with van der Waals surface area (Å²) in [4.78, 5) is 0. The van der Waals surface area contributed by atoms with Crippen LogP contribution >= 0.6 is 11.6 Å². The summed E-state index contributed by atoms with van der Waals surface area (Å²) in [6, 6.07) is 7.84. The van der Waals surface area contributed by atoms with Crippen LogP contribution in [0.25, 0.3) is 10.9 Å². The molecular weight excluding hydrogens is 345 g/mol. The highest BCUT2D eigenvalue weighted by molar-refractivity contribution is 6.32. The maximum absolute atomic E-state index is 12.7. The highest BCUT2D eigenvalue weighted by Gasteiger charge is 2.31. The third-order valence-electron chi connectivity index (χ3n) is 3.28. The molecule has 0 saturated carbocycles. The van der Waals surface area contributed by atoms with Crippen molar-refractivity contribution in [3.05, 3.63) is 53.2 Å². The fourth-order valence-electron chi connectivity index (χ4n) is 2.13. The van der Waals surface area contributed by atoms with E-state index in [2.05, 4.69) is 10.2 Å². The van der Waals surface area contributed by atoms with Crippen molar-refractivity contribution >= 4 is 22.5 Å². The first-order valence-corrected chi connectivity index (χ1v) is 7.10. The van der Waals surface area contributed by atoms with Crippen molar-refractivity contribution in [1.29, 1.82) is 0 Å². The van der Waals surface area contributed by atoms with E-state index >= 15 is 0 Å². The smallest absolute Gasteiger partial charge is 0.416 e. The molecule has 0 unspecified atom stereocenters. The Bertz CT molecular complexity index is 900. The summed E-state index contributed by atoms with van der Waals surface area (Å²) >= 11 is 5.89. The molecule has 8 heteroatoms. The average Bonchev–Trinajstić information content (AvgIpc) is 2.55. The van der Waals surface area contributed by atoms with Crippen LogP contribution in [0.4, 0.5) is 13.2 Å². The summed E-state index contributed by atoms with van der Waals surface area (Å²) in [6.07, 6.45) is -3.01. The molecule has 24 heavy (non-hydrogen) atoms. The Morgan fingerprint density at radius 1 is 1.04 bits per heavy atom. The zero-order valence-corrected chi connectivity index (χ0v) is 13.0. The van der Waals surface area contributed by atoms with Crippen molar-refractivity contribution in [2.45, 2.75) is 6.18 Å². The second-order valence-electron chi connectivity index (χ2n) is 4.84. The lowest BCUT2D eigenvalue weighted by Gasteiger charge is -2.12. The maximum atomic E-state index is 12.7. The molecule has 2 aromatic carbocycles. The van der Waals surface area contributed by atoms with E-state index in [-0.39, 0.29) is 10.8 Å². The zero-order chi connectivity index (χ0) is 17.3. The van der Waals surface area contributed by atoms with E-state index in [9.17, 15) is 13.2 Å². The van der Waals surface area contributed by atoms with Gasteiger partial charge in [-0.1, -0.05) is 11.6 Å². The molecule has 0 amide bonds. The third-order valence-corrected chi connectivity index (χ3v) is 3.58. The van der Waals surface area contributed by atoms with E-state index in [1.165, 1.54) is 19.4 Å². The SMILES string of the molecule is COc1cnnc2ccc(Oc3ccc(C(F)(F)F)cc3Cl)cc12. The van der Waals surface area contributed by atoms with E-state index in [1.807, 2.05) is 0 Å². The topological polar surface area (TPSA) is 44.2 Å². The fraction of sp³-hybridized carbons (Fsp3) is 0.125. The normalized spacial score (nSPS) is 11.5. The van der Waals surface area contributed by atoms with Crippen molar-refractivity contribution in [2.75, 3.05) is 7.11 Å². The number of halogens is 4. The molecule has 0 aliphatic rings. The highest BCUT2D eigenvalue weighted by Crippen LogP contribution is 2.37. The molecule has 0 radical (unpaired) electrons. The minimum absolute atomic E-state index is 0.116. The summed E-state index contributed by atoms with van der Waals surface area (Å²) in [5.74, 6) is 1.00. The Balaban J connectivity index is 1.95. The Morgan fingerprint density at radius 3 is 2.50 bits per heavy atom. The van der Waals surface area contributed by atoms with Gasteiger partial charge < -0.3 is 9.47 Å². The van der Waals surface area contributed by atoms with Crippen molar-refractivity contribution < 1.29 is 22.6 Å². The molecule has 1 aromatic heterocycles. The molecule has 0 spiro atoms. The van der Waals surface area contributed by atoms with Crippen LogP contribution in [-0.2, 0) is 6.18 Å². The Hall–Kier alpha value is -2.54. The minimum Gasteiger partial charge on any atom is -0.494 e. The highest BCUT2D eigenvalue weighted by atomic mass is 35.5. The molecule has 3 rings (SSSR count). The predicted molar refractivity (Wildman–Crippen MR) is 82.6 cm³/mol.